The maximum atomic E-state index is 12.1. The van der Waals surface area contributed by atoms with E-state index >= 15 is 0 Å². The van der Waals surface area contributed by atoms with Gasteiger partial charge < -0.3 is 8.92 Å². The summed E-state index contributed by atoms with van der Waals surface area (Å²) >= 11 is 15.6. The van der Waals surface area contributed by atoms with Gasteiger partial charge in [0.15, 0.2) is 6.23 Å². The molecule has 1 fully saturated rings. The van der Waals surface area contributed by atoms with Crippen LogP contribution in [0.25, 0.3) is 0 Å². The van der Waals surface area contributed by atoms with Gasteiger partial charge in [-0.1, -0.05) is 52.5 Å². The third kappa shape index (κ3) is 3.97. The highest BCUT2D eigenvalue weighted by Gasteiger charge is 2.45. The van der Waals surface area contributed by atoms with Crippen LogP contribution in [-0.2, 0) is 16.0 Å². The van der Waals surface area contributed by atoms with Gasteiger partial charge in [0.1, 0.15) is 5.75 Å². The van der Waals surface area contributed by atoms with Crippen LogP contribution in [0.5, 0.6) is 5.75 Å². The number of hydrogen-bond donors (Lipinski definition) is 0. The molecule has 1 heterocycles. The van der Waals surface area contributed by atoms with Crippen molar-refractivity contribution in [3.8, 4) is 5.75 Å². The third-order valence-electron chi connectivity index (χ3n) is 2.51. The quantitative estimate of drug-likeness (QED) is 0.791. The minimum absolute atomic E-state index is 0.335. The molecule has 1 aromatic rings. The minimum atomic E-state index is -1.77. The Morgan fingerprint density at radius 2 is 2.00 bits per heavy atom. The van der Waals surface area contributed by atoms with Crippen molar-refractivity contribution in [1.29, 1.82) is 0 Å². The Morgan fingerprint density at radius 1 is 1.37 bits per heavy atom. The first kappa shape index (κ1) is 15.4. The second kappa shape index (κ2) is 6.16. The number of nitrogens with zero attached hydrogens (tertiary/aromatic N) is 1. The monoisotopic (exact) mass is 343 g/mol. The summed E-state index contributed by atoms with van der Waals surface area (Å²) in [7, 11) is 0. The van der Waals surface area contributed by atoms with Crippen molar-refractivity contribution in [2.45, 2.75) is 16.9 Å². The molecule has 0 bridgehead atoms. The summed E-state index contributed by atoms with van der Waals surface area (Å²) in [6, 6.07) is 7.18. The van der Waals surface area contributed by atoms with Gasteiger partial charge in [-0.25, -0.2) is 0 Å². The highest BCUT2D eigenvalue weighted by molar-refractivity contribution is 7.78. The predicted octanol–water partition coefficient (Wildman–Crippen LogP) is 2.98. The van der Waals surface area contributed by atoms with Crippen LogP contribution in [0.3, 0.4) is 0 Å². The van der Waals surface area contributed by atoms with Crippen LogP contribution in [0.15, 0.2) is 24.3 Å². The van der Waals surface area contributed by atoms with E-state index in [4.69, 9.17) is 43.7 Å². The van der Waals surface area contributed by atoms with Gasteiger partial charge in [0.2, 0.25) is 3.79 Å². The lowest BCUT2D eigenvalue weighted by Gasteiger charge is -2.26. The number of halogens is 3. The number of ether oxygens (including phenoxy) is 1. The molecule has 2 atom stereocenters. The SMILES string of the molecule is Cc1ccc(OS(=O)N2CCOC2C(Cl)(Cl)Cl)cc1. The second-order valence-corrected chi connectivity index (χ2v) is 7.46. The molecule has 0 saturated carbocycles. The van der Waals surface area contributed by atoms with E-state index in [1.54, 1.807) is 12.1 Å². The summed E-state index contributed by atoms with van der Waals surface area (Å²) in [6.07, 6.45) is -0.885. The van der Waals surface area contributed by atoms with Gasteiger partial charge in [0, 0.05) is 6.54 Å². The Morgan fingerprint density at radius 3 is 2.58 bits per heavy atom. The van der Waals surface area contributed by atoms with Gasteiger partial charge in [0.05, 0.1) is 6.61 Å². The first-order chi connectivity index (χ1) is 8.88. The van der Waals surface area contributed by atoms with Crippen molar-refractivity contribution in [1.82, 2.24) is 4.31 Å². The standard InChI is InChI=1S/C11H12Cl3NO3S/c1-8-2-4-9(5-3-8)18-19(16)15-6-7-17-10(15)11(12,13)14/h2-5,10H,6-7H2,1H3. The molecule has 2 unspecified atom stereocenters. The van der Waals surface area contributed by atoms with Crippen LogP contribution in [0, 0.1) is 6.92 Å². The number of benzene rings is 1. The van der Waals surface area contributed by atoms with E-state index in [0.717, 1.165) is 5.56 Å². The first-order valence-electron chi connectivity index (χ1n) is 5.50. The zero-order valence-electron chi connectivity index (χ0n) is 10.0. The van der Waals surface area contributed by atoms with E-state index in [-0.39, 0.29) is 0 Å². The van der Waals surface area contributed by atoms with Crippen molar-refractivity contribution in [2.75, 3.05) is 13.2 Å². The van der Waals surface area contributed by atoms with Gasteiger partial charge >= 0.3 is 0 Å². The summed E-state index contributed by atoms with van der Waals surface area (Å²) < 4.78 is 22.4. The fraction of sp³-hybridized carbons (Fsp3) is 0.455. The molecule has 0 amide bonds. The maximum Gasteiger partial charge on any atom is 0.293 e. The van der Waals surface area contributed by atoms with Crippen molar-refractivity contribution in [3.05, 3.63) is 29.8 Å². The van der Waals surface area contributed by atoms with E-state index in [2.05, 4.69) is 0 Å². The lowest BCUT2D eigenvalue weighted by atomic mass is 10.2. The molecule has 1 aliphatic rings. The van der Waals surface area contributed by atoms with Crippen LogP contribution in [0.1, 0.15) is 5.56 Å². The van der Waals surface area contributed by atoms with Gasteiger partial charge in [-0.3, -0.25) is 0 Å². The number of rotatable bonds is 3. The fourth-order valence-electron chi connectivity index (χ4n) is 1.59. The van der Waals surface area contributed by atoms with Crippen LogP contribution < -0.4 is 4.18 Å². The molecule has 0 radical (unpaired) electrons. The van der Waals surface area contributed by atoms with Crippen LogP contribution in [0.4, 0.5) is 0 Å². The number of aryl methyl sites for hydroxylation is 1. The molecule has 2 rings (SSSR count). The molecule has 0 N–H and O–H groups in total. The molecular weight excluding hydrogens is 333 g/mol. The molecule has 0 aromatic heterocycles. The van der Waals surface area contributed by atoms with Gasteiger partial charge in [-0.05, 0) is 19.1 Å². The largest absolute Gasteiger partial charge is 0.389 e. The van der Waals surface area contributed by atoms with E-state index < -0.39 is 21.3 Å². The molecule has 1 aromatic carbocycles. The molecular formula is C11H12Cl3NO3S. The van der Waals surface area contributed by atoms with E-state index in [1.165, 1.54) is 4.31 Å². The average molecular weight is 345 g/mol. The predicted molar refractivity (Wildman–Crippen MR) is 76.7 cm³/mol. The minimum Gasteiger partial charge on any atom is -0.389 e. The van der Waals surface area contributed by atoms with Crippen molar-refractivity contribution in [2.24, 2.45) is 0 Å². The molecule has 1 saturated heterocycles. The normalized spacial score (nSPS) is 22.4. The zero-order valence-corrected chi connectivity index (χ0v) is 13.1. The van der Waals surface area contributed by atoms with E-state index in [1.807, 2.05) is 19.1 Å². The summed E-state index contributed by atoms with van der Waals surface area (Å²) in [5.41, 5.74) is 1.09. The van der Waals surface area contributed by atoms with Gasteiger partial charge in [-0.2, -0.15) is 8.51 Å². The Hall–Kier alpha value is -0.0400. The summed E-state index contributed by atoms with van der Waals surface area (Å²) in [5.74, 6) is 0.485. The average Bonchev–Trinajstić information content (AvgIpc) is 2.81. The van der Waals surface area contributed by atoms with Crippen LogP contribution in [0.2, 0.25) is 0 Å². The number of hydrogen-bond acceptors (Lipinski definition) is 3. The molecule has 4 nitrogen and oxygen atoms in total. The highest BCUT2D eigenvalue weighted by Crippen LogP contribution is 2.37. The lowest BCUT2D eigenvalue weighted by Crippen LogP contribution is -2.42. The highest BCUT2D eigenvalue weighted by atomic mass is 35.6. The van der Waals surface area contributed by atoms with Crippen LogP contribution in [-0.4, -0.2) is 31.7 Å². The molecule has 0 spiro atoms. The molecule has 19 heavy (non-hydrogen) atoms. The lowest BCUT2D eigenvalue weighted by molar-refractivity contribution is 0.0717. The van der Waals surface area contributed by atoms with Gasteiger partial charge in [-0.15, -0.1) is 0 Å². The summed E-state index contributed by atoms with van der Waals surface area (Å²) in [4.78, 5) is 0. The Bertz CT molecular complexity index is 463. The summed E-state index contributed by atoms with van der Waals surface area (Å²) in [6.45, 7) is 2.66. The van der Waals surface area contributed by atoms with Crippen LogP contribution >= 0.6 is 34.8 Å². The van der Waals surface area contributed by atoms with E-state index in [0.29, 0.717) is 18.9 Å². The maximum absolute atomic E-state index is 12.1. The van der Waals surface area contributed by atoms with Crippen molar-refractivity contribution < 1.29 is 13.1 Å². The molecule has 0 aliphatic carbocycles. The smallest absolute Gasteiger partial charge is 0.293 e. The zero-order chi connectivity index (χ0) is 14.0. The Kier molecular flexibility index (Phi) is 4.98. The molecule has 8 heteroatoms. The van der Waals surface area contributed by atoms with Crippen molar-refractivity contribution in [3.63, 3.8) is 0 Å². The summed E-state index contributed by atoms with van der Waals surface area (Å²) in [5, 5.41) is 0. The second-order valence-electron chi connectivity index (χ2n) is 4.02. The molecule has 1 aliphatic heterocycles. The molecule has 106 valence electrons. The van der Waals surface area contributed by atoms with E-state index in [9.17, 15) is 4.21 Å². The fourth-order valence-corrected chi connectivity index (χ4v) is 3.28. The first-order valence-corrected chi connectivity index (χ1v) is 7.66. The number of alkyl halides is 3. The Balaban J connectivity index is 2.05. The third-order valence-corrected chi connectivity index (χ3v) is 4.16. The van der Waals surface area contributed by atoms with Gasteiger partial charge in [0.25, 0.3) is 11.3 Å². The Labute approximate surface area is 129 Å². The van der Waals surface area contributed by atoms with Crippen molar-refractivity contribution >= 4 is 46.1 Å². The topological polar surface area (TPSA) is 38.8 Å².